The molecule has 0 saturated carbocycles. The van der Waals surface area contributed by atoms with Crippen LogP contribution in [-0.4, -0.2) is 18.1 Å². The van der Waals surface area contributed by atoms with Crippen molar-refractivity contribution >= 4 is 16.9 Å². The maximum Gasteiger partial charge on any atom is 0.337 e. The molecular formula is C12H13N3O2. The predicted octanol–water partition coefficient (Wildman–Crippen LogP) is 2.72. The van der Waals surface area contributed by atoms with Crippen molar-refractivity contribution in [3.8, 4) is 0 Å². The second-order valence-corrected chi connectivity index (χ2v) is 3.80. The Morgan fingerprint density at radius 1 is 1.53 bits per heavy atom. The van der Waals surface area contributed by atoms with Gasteiger partial charge in [0.25, 0.3) is 0 Å². The monoisotopic (exact) mass is 231 g/mol. The first-order valence-corrected chi connectivity index (χ1v) is 5.20. The van der Waals surface area contributed by atoms with E-state index in [4.69, 9.17) is 5.53 Å². The summed E-state index contributed by atoms with van der Waals surface area (Å²) in [5, 5.41) is 4.28. The lowest BCUT2D eigenvalue weighted by molar-refractivity contribution is -0.142. The van der Waals surface area contributed by atoms with E-state index in [1.54, 1.807) is 6.20 Å². The number of hydrogen-bond acceptors (Lipinski definition) is 4. The van der Waals surface area contributed by atoms with E-state index in [9.17, 15) is 4.79 Å². The lowest BCUT2D eigenvalue weighted by Gasteiger charge is -2.08. The van der Waals surface area contributed by atoms with Crippen LogP contribution in [0.15, 0.2) is 29.5 Å². The van der Waals surface area contributed by atoms with Crippen LogP contribution in [0.5, 0.6) is 0 Å². The molecule has 0 amide bonds. The van der Waals surface area contributed by atoms with Gasteiger partial charge in [0.15, 0.2) is 6.04 Å². The Balaban J connectivity index is 2.62. The summed E-state index contributed by atoms with van der Waals surface area (Å²) in [5.74, 6) is -0.524. The van der Waals surface area contributed by atoms with Gasteiger partial charge >= 0.3 is 5.97 Å². The summed E-state index contributed by atoms with van der Waals surface area (Å²) in [6, 6.07) is 4.92. The van der Waals surface area contributed by atoms with Crippen LogP contribution in [0.2, 0.25) is 0 Å². The minimum Gasteiger partial charge on any atom is -0.467 e. The van der Waals surface area contributed by atoms with E-state index in [0.29, 0.717) is 5.56 Å². The number of rotatable bonds is 3. The number of aromatic nitrogens is 1. The van der Waals surface area contributed by atoms with Crippen molar-refractivity contribution in [2.75, 3.05) is 7.11 Å². The lowest BCUT2D eigenvalue weighted by Crippen LogP contribution is -2.11. The molecule has 17 heavy (non-hydrogen) atoms. The molecule has 1 aromatic heterocycles. The molecule has 0 aliphatic rings. The van der Waals surface area contributed by atoms with Gasteiger partial charge < -0.3 is 9.72 Å². The third-order valence-electron chi connectivity index (χ3n) is 2.79. The normalized spacial score (nSPS) is 12.4. The third-order valence-corrected chi connectivity index (χ3v) is 2.79. The number of carbonyl (C=O) groups is 1. The Morgan fingerprint density at radius 3 is 2.94 bits per heavy atom. The first kappa shape index (κ1) is 11.3. The molecule has 2 aromatic rings. The minimum absolute atomic E-state index is 0.524. The number of aromatic amines is 1. The average molecular weight is 231 g/mol. The molecule has 1 atom stereocenters. The number of esters is 1. The van der Waals surface area contributed by atoms with E-state index in [2.05, 4.69) is 14.8 Å². The summed E-state index contributed by atoms with van der Waals surface area (Å²) in [5.41, 5.74) is 9.77. The standard InChI is InChI=1S/C12H13N3O2/c1-7-4-3-5-9-10(7)8(6-14-9)11(15-13)12(16)17-2/h3-6,11,13-14H,1-2H3. The quantitative estimate of drug-likeness (QED) is 0.629. The van der Waals surface area contributed by atoms with Gasteiger partial charge in [0.1, 0.15) is 0 Å². The number of aryl methyl sites for hydroxylation is 1. The number of hydrogen-bond donors (Lipinski definition) is 2. The largest absolute Gasteiger partial charge is 0.467 e. The van der Waals surface area contributed by atoms with Crippen molar-refractivity contribution in [1.29, 1.82) is 5.53 Å². The zero-order valence-corrected chi connectivity index (χ0v) is 9.65. The van der Waals surface area contributed by atoms with Crippen LogP contribution in [0.4, 0.5) is 0 Å². The minimum atomic E-state index is -0.894. The first-order chi connectivity index (χ1) is 8.19. The molecule has 2 N–H and O–H groups in total. The number of fused-ring (bicyclic) bond motifs is 1. The number of ether oxygens (including phenoxy) is 1. The zero-order valence-electron chi connectivity index (χ0n) is 9.65. The molecule has 88 valence electrons. The highest BCUT2D eigenvalue weighted by molar-refractivity contribution is 5.91. The lowest BCUT2D eigenvalue weighted by atomic mass is 10.0. The maximum absolute atomic E-state index is 11.5. The van der Waals surface area contributed by atoms with Gasteiger partial charge in [0.05, 0.1) is 7.11 Å². The third kappa shape index (κ3) is 1.80. The molecule has 0 aliphatic carbocycles. The summed E-state index contributed by atoms with van der Waals surface area (Å²) in [7, 11) is 1.29. The van der Waals surface area contributed by atoms with Gasteiger partial charge in [-0.05, 0) is 18.6 Å². The summed E-state index contributed by atoms with van der Waals surface area (Å²) in [4.78, 5) is 14.6. The molecule has 0 aliphatic heterocycles. The van der Waals surface area contributed by atoms with Crippen LogP contribution in [0.3, 0.4) is 0 Å². The second-order valence-electron chi connectivity index (χ2n) is 3.80. The Hall–Kier alpha value is -2.17. The maximum atomic E-state index is 11.5. The van der Waals surface area contributed by atoms with Gasteiger partial charge in [-0.3, -0.25) is 0 Å². The fraction of sp³-hybridized carbons (Fsp3) is 0.250. The van der Waals surface area contributed by atoms with Gasteiger partial charge in [0, 0.05) is 22.7 Å². The van der Waals surface area contributed by atoms with Crippen LogP contribution in [-0.2, 0) is 9.53 Å². The fourth-order valence-corrected chi connectivity index (χ4v) is 1.98. The van der Waals surface area contributed by atoms with Crippen LogP contribution in [0.1, 0.15) is 17.2 Å². The SMILES string of the molecule is COC(=O)C(N=N)c1c[nH]c2cccc(C)c12. The highest BCUT2D eigenvalue weighted by Gasteiger charge is 2.24. The fourth-order valence-electron chi connectivity index (χ4n) is 1.98. The van der Waals surface area contributed by atoms with Crippen LogP contribution in [0.25, 0.3) is 10.9 Å². The molecule has 0 spiro atoms. The predicted molar refractivity (Wildman–Crippen MR) is 62.9 cm³/mol. The zero-order chi connectivity index (χ0) is 12.4. The van der Waals surface area contributed by atoms with Gasteiger partial charge in [0.2, 0.25) is 0 Å². The van der Waals surface area contributed by atoms with E-state index in [1.807, 2.05) is 25.1 Å². The Morgan fingerprint density at radius 2 is 2.29 bits per heavy atom. The Kier molecular flexibility index (Phi) is 2.91. The number of carbonyl (C=O) groups excluding carboxylic acids is 1. The summed E-state index contributed by atoms with van der Waals surface area (Å²) >= 11 is 0. The van der Waals surface area contributed by atoms with Crippen molar-refractivity contribution in [1.82, 2.24) is 4.98 Å². The molecule has 0 fully saturated rings. The first-order valence-electron chi connectivity index (χ1n) is 5.20. The van der Waals surface area contributed by atoms with E-state index in [0.717, 1.165) is 16.5 Å². The Bertz CT molecular complexity index is 574. The van der Waals surface area contributed by atoms with Crippen molar-refractivity contribution in [3.05, 3.63) is 35.5 Å². The van der Waals surface area contributed by atoms with E-state index in [-0.39, 0.29) is 0 Å². The molecule has 5 heteroatoms. The topological polar surface area (TPSA) is 78.3 Å². The number of nitrogens with one attached hydrogen (secondary N) is 2. The van der Waals surface area contributed by atoms with Crippen molar-refractivity contribution in [2.45, 2.75) is 13.0 Å². The van der Waals surface area contributed by atoms with Crippen LogP contribution < -0.4 is 0 Å². The summed E-state index contributed by atoms with van der Waals surface area (Å²) < 4.78 is 4.65. The molecular weight excluding hydrogens is 218 g/mol. The molecule has 0 saturated heterocycles. The summed E-state index contributed by atoms with van der Waals surface area (Å²) in [6.45, 7) is 1.96. The average Bonchev–Trinajstić information content (AvgIpc) is 2.75. The second kappa shape index (κ2) is 4.37. The van der Waals surface area contributed by atoms with Gasteiger partial charge in [-0.15, -0.1) is 0 Å². The number of benzene rings is 1. The van der Waals surface area contributed by atoms with Crippen LogP contribution >= 0.6 is 0 Å². The molecule has 1 heterocycles. The highest BCUT2D eigenvalue weighted by atomic mass is 16.5. The number of nitrogens with zero attached hydrogens (tertiary/aromatic N) is 1. The van der Waals surface area contributed by atoms with Crippen molar-refractivity contribution in [3.63, 3.8) is 0 Å². The summed E-state index contributed by atoms with van der Waals surface area (Å²) in [6.07, 6.45) is 1.71. The van der Waals surface area contributed by atoms with E-state index >= 15 is 0 Å². The van der Waals surface area contributed by atoms with E-state index < -0.39 is 12.0 Å². The van der Waals surface area contributed by atoms with Crippen molar-refractivity contribution < 1.29 is 9.53 Å². The molecule has 5 nitrogen and oxygen atoms in total. The number of methoxy groups -OCH3 is 1. The van der Waals surface area contributed by atoms with Crippen LogP contribution in [0, 0.1) is 12.5 Å². The number of H-pyrrole nitrogens is 1. The Labute approximate surface area is 98.3 Å². The van der Waals surface area contributed by atoms with Crippen molar-refractivity contribution in [2.24, 2.45) is 5.11 Å². The van der Waals surface area contributed by atoms with Gasteiger partial charge in [-0.2, -0.15) is 5.11 Å². The van der Waals surface area contributed by atoms with Gasteiger partial charge in [-0.25, -0.2) is 10.3 Å². The molecule has 1 aromatic carbocycles. The molecule has 0 radical (unpaired) electrons. The molecule has 2 rings (SSSR count). The smallest absolute Gasteiger partial charge is 0.337 e. The molecule has 0 bridgehead atoms. The highest BCUT2D eigenvalue weighted by Crippen LogP contribution is 2.29. The van der Waals surface area contributed by atoms with E-state index in [1.165, 1.54) is 7.11 Å². The molecule has 1 unspecified atom stereocenters. The van der Waals surface area contributed by atoms with Gasteiger partial charge in [-0.1, -0.05) is 12.1 Å².